The second-order valence-electron chi connectivity index (χ2n) is 6.80. The zero-order valence-electron chi connectivity index (χ0n) is 15.8. The Labute approximate surface area is 166 Å². The molecule has 1 heterocycles. The van der Waals surface area contributed by atoms with Crippen molar-refractivity contribution in [3.05, 3.63) is 63.7 Å². The SMILES string of the molecule is CC(NC(=O)c1ccc(N2CCCC2)c([N+](=O)[O-])c1)c1cccc(OC(F)F)c1. The third kappa shape index (κ3) is 4.98. The normalized spacial score (nSPS) is 14.7. The van der Waals surface area contributed by atoms with E-state index < -0.39 is 23.5 Å². The van der Waals surface area contributed by atoms with Crippen LogP contribution in [0.1, 0.15) is 41.7 Å². The number of hydrogen-bond donors (Lipinski definition) is 1. The predicted molar refractivity (Wildman–Crippen MR) is 103 cm³/mol. The van der Waals surface area contributed by atoms with Crippen LogP contribution in [0.4, 0.5) is 20.2 Å². The molecule has 1 N–H and O–H groups in total. The van der Waals surface area contributed by atoms with Gasteiger partial charge in [0.25, 0.3) is 11.6 Å². The van der Waals surface area contributed by atoms with Gasteiger partial charge < -0.3 is 15.0 Å². The molecule has 29 heavy (non-hydrogen) atoms. The standard InChI is InChI=1S/C20H21F2N3O4/c1-13(14-5-4-6-16(11-14)29-20(21)22)23-19(26)15-7-8-17(18(12-15)25(27)28)24-9-2-3-10-24/h4-8,11-13,20H,2-3,9-10H2,1H3,(H,23,26). The molecule has 1 saturated heterocycles. The number of amides is 1. The smallest absolute Gasteiger partial charge is 0.387 e. The van der Waals surface area contributed by atoms with Crippen molar-refractivity contribution in [3.63, 3.8) is 0 Å². The Balaban J connectivity index is 1.76. The average Bonchev–Trinajstić information content (AvgIpc) is 3.21. The molecule has 0 saturated carbocycles. The summed E-state index contributed by atoms with van der Waals surface area (Å²) in [7, 11) is 0. The van der Waals surface area contributed by atoms with Crippen molar-refractivity contribution in [1.82, 2.24) is 5.32 Å². The Kier molecular flexibility index (Phi) is 6.26. The van der Waals surface area contributed by atoms with E-state index in [0.717, 1.165) is 25.9 Å². The van der Waals surface area contributed by atoms with E-state index in [1.807, 2.05) is 4.90 Å². The topological polar surface area (TPSA) is 84.7 Å². The molecule has 1 aliphatic heterocycles. The molecule has 0 spiro atoms. The van der Waals surface area contributed by atoms with Gasteiger partial charge in [-0.2, -0.15) is 8.78 Å². The van der Waals surface area contributed by atoms with Gasteiger partial charge in [0, 0.05) is 24.7 Å². The average molecular weight is 405 g/mol. The molecule has 0 aromatic heterocycles. The Morgan fingerprint density at radius 2 is 1.93 bits per heavy atom. The molecule has 1 atom stereocenters. The van der Waals surface area contributed by atoms with Gasteiger partial charge in [-0.1, -0.05) is 12.1 Å². The zero-order chi connectivity index (χ0) is 21.0. The summed E-state index contributed by atoms with van der Waals surface area (Å²) in [5.41, 5.74) is 1.12. The number of nitrogens with one attached hydrogen (secondary N) is 1. The molecule has 1 aliphatic rings. The molecule has 1 unspecified atom stereocenters. The van der Waals surface area contributed by atoms with Crippen LogP contribution in [0.3, 0.4) is 0 Å². The van der Waals surface area contributed by atoms with Crippen molar-refractivity contribution in [3.8, 4) is 5.75 Å². The minimum absolute atomic E-state index is 0.01000. The van der Waals surface area contributed by atoms with Crippen molar-refractivity contribution in [2.24, 2.45) is 0 Å². The summed E-state index contributed by atoms with van der Waals surface area (Å²) in [5, 5.41) is 14.2. The van der Waals surface area contributed by atoms with Crippen LogP contribution in [0, 0.1) is 10.1 Å². The maximum absolute atomic E-state index is 12.6. The summed E-state index contributed by atoms with van der Waals surface area (Å²) < 4.78 is 29.1. The molecule has 0 radical (unpaired) electrons. The summed E-state index contributed by atoms with van der Waals surface area (Å²) in [6.45, 7) is 0.248. The predicted octanol–water partition coefficient (Wildman–Crippen LogP) is 4.29. The van der Waals surface area contributed by atoms with Crippen molar-refractivity contribution in [1.29, 1.82) is 0 Å². The van der Waals surface area contributed by atoms with Crippen LogP contribution in [0.2, 0.25) is 0 Å². The number of hydrogen-bond acceptors (Lipinski definition) is 5. The van der Waals surface area contributed by atoms with Crippen LogP contribution in [-0.2, 0) is 0 Å². The lowest BCUT2D eigenvalue weighted by Gasteiger charge is -2.19. The van der Waals surface area contributed by atoms with E-state index in [4.69, 9.17) is 0 Å². The van der Waals surface area contributed by atoms with Crippen LogP contribution in [0.15, 0.2) is 42.5 Å². The summed E-state index contributed by atoms with van der Waals surface area (Å²) in [6.07, 6.45) is 1.95. The lowest BCUT2D eigenvalue weighted by molar-refractivity contribution is -0.384. The number of nitro benzene ring substituents is 1. The molecule has 2 aromatic rings. The van der Waals surface area contributed by atoms with Crippen LogP contribution in [0.5, 0.6) is 5.75 Å². The largest absolute Gasteiger partial charge is 0.435 e. The van der Waals surface area contributed by atoms with E-state index in [9.17, 15) is 23.7 Å². The maximum atomic E-state index is 12.6. The molecular formula is C20H21F2N3O4. The van der Waals surface area contributed by atoms with Crippen LogP contribution >= 0.6 is 0 Å². The first-order valence-corrected chi connectivity index (χ1v) is 9.24. The zero-order valence-corrected chi connectivity index (χ0v) is 15.8. The Morgan fingerprint density at radius 1 is 1.21 bits per heavy atom. The quantitative estimate of drug-likeness (QED) is 0.549. The molecule has 0 aliphatic carbocycles. The van der Waals surface area contributed by atoms with Gasteiger partial charge in [-0.05, 0) is 49.6 Å². The second kappa shape index (κ2) is 8.85. The van der Waals surface area contributed by atoms with Crippen molar-refractivity contribution in [2.45, 2.75) is 32.4 Å². The number of alkyl halides is 2. The highest BCUT2D eigenvalue weighted by molar-refractivity contribution is 5.96. The molecule has 3 rings (SSSR count). The van der Waals surface area contributed by atoms with E-state index in [1.54, 1.807) is 31.2 Å². The van der Waals surface area contributed by atoms with Gasteiger partial charge in [-0.15, -0.1) is 0 Å². The second-order valence-corrected chi connectivity index (χ2v) is 6.80. The van der Waals surface area contributed by atoms with E-state index in [1.165, 1.54) is 18.2 Å². The molecular weight excluding hydrogens is 384 g/mol. The molecule has 0 bridgehead atoms. The van der Waals surface area contributed by atoms with E-state index in [-0.39, 0.29) is 17.0 Å². The van der Waals surface area contributed by atoms with Gasteiger partial charge in [-0.25, -0.2) is 0 Å². The fraction of sp³-hybridized carbons (Fsp3) is 0.350. The third-order valence-electron chi connectivity index (χ3n) is 4.81. The van der Waals surface area contributed by atoms with Crippen LogP contribution in [0.25, 0.3) is 0 Å². The Hall–Kier alpha value is -3.23. The number of nitro groups is 1. The van der Waals surface area contributed by atoms with Crippen LogP contribution < -0.4 is 15.0 Å². The highest BCUT2D eigenvalue weighted by Gasteiger charge is 2.24. The van der Waals surface area contributed by atoms with Crippen molar-refractivity contribution < 1.29 is 23.2 Å². The molecule has 7 nitrogen and oxygen atoms in total. The molecule has 9 heteroatoms. The fourth-order valence-corrected chi connectivity index (χ4v) is 3.36. The van der Waals surface area contributed by atoms with E-state index in [0.29, 0.717) is 11.3 Å². The molecule has 2 aromatic carbocycles. The van der Waals surface area contributed by atoms with Crippen LogP contribution in [-0.4, -0.2) is 30.5 Å². The number of carbonyl (C=O) groups excluding carboxylic acids is 1. The Morgan fingerprint density at radius 3 is 2.59 bits per heavy atom. The number of benzene rings is 2. The third-order valence-corrected chi connectivity index (χ3v) is 4.81. The first-order valence-electron chi connectivity index (χ1n) is 9.24. The number of rotatable bonds is 7. The summed E-state index contributed by atoms with van der Waals surface area (Å²) in [4.78, 5) is 25.5. The van der Waals surface area contributed by atoms with Gasteiger partial charge in [-0.3, -0.25) is 14.9 Å². The van der Waals surface area contributed by atoms with Crippen molar-refractivity contribution in [2.75, 3.05) is 18.0 Å². The maximum Gasteiger partial charge on any atom is 0.387 e. The monoisotopic (exact) mass is 405 g/mol. The Bertz CT molecular complexity index is 901. The molecule has 1 amide bonds. The first kappa shape index (κ1) is 20.5. The minimum Gasteiger partial charge on any atom is -0.435 e. The fourth-order valence-electron chi connectivity index (χ4n) is 3.36. The van der Waals surface area contributed by atoms with E-state index >= 15 is 0 Å². The van der Waals surface area contributed by atoms with Gasteiger partial charge in [0.1, 0.15) is 11.4 Å². The lowest BCUT2D eigenvalue weighted by Crippen LogP contribution is -2.27. The highest BCUT2D eigenvalue weighted by Crippen LogP contribution is 2.32. The summed E-state index contributed by atoms with van der Waals surface area (Å²) >= 11 is 0. The highest BCUT2D eigenvalue weighted by atomic mass is 19.3. The summed E-state index contributed by atoms with van der Waals surface area (Å²) in [6, 6.07) is 9.93. The number of halogens is 2. The molecule has 154 valence electrons. The van der Waals surface area contributed by atoms with Crippen molar-refractivity contribution >= 4 is 17.3 Å². The number of anilines is 1. The van der Waals surface area contributed by atoms with Gasteiger partial charge in [0.05, 0.1) is 11.0 Å². The number of ether oxygens (including phenoxy) is 1. The van der Waals surface area contributed by atoms with Gasteiger partial charge in [0.15, 0.2) is 0 Å². The lowest BCUT2D eigenvalue weighted by atomic mass is 10.1. The first-order chi connectivity index (χ1) is 13.8. The van der Waals surface area contributed by atoms with E-state index in [2.05, 4.69) is 10.1 Å². The number of carbonyl (C=O) groups is 1. The van der Waals surface area contributed by atoms with Gasteiger partial charge in [0.2, 0.25) is 0 Å². The number of nitrogens with zero attached hydrogens (tertiary/aromatic N) is 2. The summed E-state index contributed by atoms with van der Waals surface area (Å²) in [5.74, 6) is -0.502. The minimum atomic E-state index is -2.94. The molecule has 1 fully saturated rings. The van der Waals surface area contributed by atoms with Gasteiger partial charge >= 0.3 is 6.61 Å².